The molecular weight excluding hydrogens is 512 g/mol. The molecule has 0 saturated carbocycles. The molecule has 1 saturated heterocycles. The number of unbranched alkanes of at least 4 members (excludes halogenated alkanes) is 4. The van der Waals surface area contributed by atoms with Crippen molar-refractivity contribution in [3.05, 3.63) is 0 Å². The number of nitriles is 1. The highest BCUT2D eigenvalue weighted by Gasteiger charge is 2.58. The van der Waals surface area contributed by atoms with Crippen LogP contribution in [0.2, 0.25) is 0 Å². The van der Waals surface area contributed by atoms with Gasteiger partial charge in [0.15, 0.2) is 6.10 Å². The highest BCUT2D eigenvalue weighted by Crippen LogP contribution is 2.40. The number of rotatable bonds is 22. The van der Waals surface area contributed by atoms with E-state index in [1.165, 1.54) is 0 Å². The number of hydrogen-bond donors (Lipinski definition) is 0. The molecule has 1 rings (SSSR count). The van der Waals surface area contributed by atoms with E-state index < -0.39 is 54.8 Å². The fourth-order valence-corrected chi connectivity index (χ4v) is 4.31. The van der Waals surface area contributed by atoms with Gasteiger partial charge in [0.1, 0.15) is 30.3 Å². The van der Waals surface area contributed by atoms with Crippen molar-refractivity contribution in [2.24, 2.45) is 5.92 Å². The molecule has 0 bridgehead atoms. The lowest BCUT2D eigenvalue weighted by atomic mass is 9.87. The molecule has 39 heavy (non-hydrogen) atoms. The van der Waals surface area contributed by atoms with Crippen molar-refractivity contribution in [2.75, 3.05) is 39.6 Å². The SMILES string of the molecule is CCCCOC[C@H]1O[C@@H](C(F)(F)CC(C#N)C(=O)OCC)[C@H](OCCCC)[C@@H](OCCCC)[C@H]1OCCCC. The maximum Gasteiger partial charge on any atom is 0.323 e. The van der Waals surface area contributed by atoms with E-state index in [9.17, 15) is 10.1 Å². The first-order chi connectivity index (χ1) is 18.8. The molecule has 0 spiro atoms. The molecule has 1 unspecified atom stereocenters. The number of esters is 1. The van der Waals surface area contributed by atoms with E-state index in [2.05, 4.69) is 0 Å². The van der Waals surface area contributed by atoms with E-state index in [0.29, 0.717) is 26.2 Å². The van der Waals surface area contributed by atoms with Crippen LogP contribution in [0.1, 0.15) is 92.4 Å². The summed E-state index contributed by atoms with van der Waals surface area (Å²) in [5, 5.41) is 9.48. The third-order valence-corrected chi connectivity index (χ3v) is 6.60. The number of alkyl halides is 2. The van der Waals surface area contributed by atoms with E-state index in [-0.39, 0.29) is 19.8 Å². The van der Waals surface area contributed by atoms with Crippen LogP contribution >= 0.6 is 0 Å². The molecule has 0 radical (unpaired) electrons. The molecule has 1 aliphatic heterocycles. The summed E-state index contributed by atoms with van der Waals surface area (Å²) in [5.41, 5.74) is 0. The third-order valence-electron chi connectivity index (χ3n) is 6.60. The van der Waals surface area contributed by atoms with Crippen LogP contribution in [0.15, 0.2) is 0 Å². The Hall–Kier alpha value is -1.38. The fraction of sp³-hybridized carbons (Fsp3) is 0.931. The Balaban J connectivity index is 3.41. The summed E-state index contributed by atoms with van der Waals surface area (Å²) < 4.78 is 67.3. The summed E-state index contributed by atoms with van der Waals surface area (Å²) in [7, 11) is 0. The van der Waals surface area contributed by atoms with Gasteiger partial charge in [-0.05, 0) is 32.6 Å². The number of nitrogens with zero attached hydrogens (tertiary/aromatic N) is 1. The second-order valence-electron chi connectivity index (χ2n) is 9.99. The minimum atomic E-state index is -3.59. The van der Waals surface area contributed by atoms with Crippen molar-refractivity contribution in [3.63, 3.8) is 0 Å². The minimum Gasteiger partial charge on any atom is -0.465 e. The van der Waals surface area contributed by atoms with Crippen LogP contribution in [0.25, 0.3) is 0 Å². The first-order valence-corrected chi connectivity index (χ1v) is 14.8. The Morgan fingerprint density at radius 2 is 1.36 bits per heavy atom. The fourth-order valence-electron chi connectivity index (χ4n) is 4.31. The molecular formula is C29H51F2NO7. The summed E-state index contributed by atoms with van der Waals surface area (Å²) in [6.07, 6.45) is 0.256. The molecule has 228 valence electrons. The van der Waals surface area contributed by atoms with Gasteiger partial charge < -0.3 is 28.4 Å². The standard InChI is InChI=1S/C29H51F2NO7/c1-6-11-15-34-21-23-24(36-16-12-7-2)25(37-17-13-8-3)26(38-18-14-9-4)27(39-23)29(30,31)19-22(20-32)28(33)35-10-5/h22-27H,6-19,21H2,1-5H3/t22?,23-,24+,25+,26-,27-/m1/s1. The minimum absolute atomic E-state index is 0.00738. The number of halogens is 2. The van der Waals surface area contributed by atoms with E-state index >= 15 is 8.78 Å². The van der Waals surface area contributed by atoms with Crippen LogP contribution < -0.4 is 0 Å². The predicted molar refractivity (Wildman–Crippen MR) is 144 cm³/mol. The average molecular weight is 564 g/mol. The van der Waals surface area contributed by atoms with Crippen LogP contribution in [0, 0.1) is 17.2 Å². The molecule has 0 aromatic rings. The first-order valence-electron chi connectivity index (χ1n) is 14.8. The quantitative estimate of drug-likeness (QED) is 0.119. The Labute approximate surface area is 234 Å². The van der Waals surface area contributed by atoms with Gasteiger partial charge in [-0.15, -0.1) is 0 Å². The van der Waals surface area contributed by atoms with Gasteiger partial charge in [-0.25, -0.2) is 8.78 Å². The number of ether oxygens (including phenoxy) is 6. The zero-order chi connectivity index (χ0) is 29.1. The van der Waals surface area contributed by atoms with Gasteiger partial charge in [-0.2, -0.15) is 5.26 Å². The van der Waals surface area contributed by atoms with Gasteiger partial charge in [0, 0.05) is 32.8 Å². The second kappa shape index (κ2) is 20.5. The molecule has 1 fully saturated rings. The summed E-state index contributed by atoms with van der Waals surface area (Å²) >= 11 is 0. The van der Waals surface area contributed by atoms with Crippen molar-refractivity contribution in [1.29, 1.82) is 5.26 Å². The number of carbonyl (C=O) groups excluding carboxylic acids is 1. The average Bonchev–Trinajstić information content (AvgIpc) is 2.91. The largest absolute Gasteiger partial charge is 0.465 e. The van der Waals surface area contributed by atoms with Gasteiger partial charge >= 0.3 is 5.97 Å². The molecule has 0 aromatic carbocycles. The zero-order valence-electron chi connectivity index (χ0n) is 24.6. The Bertz CT molecular complexity index is 691. The van der Waals surface area contributed by atoms with E-state index in [0.717, 1.165) is 44.9 Å². The van der Waals surface area contributed by atoms with E-state index in [1.807, 2.05) is 27.7 Å². The molecule has 10 heteroatoms. The van der Waals surface area contributed by atoms with Crippen molar-refractivity contribution in [2.45, 2.75) is 129 Å². The summed E-state index contributed by atoms with van der Waals surface area (Å²) in [4.78, 5) is 12.2. The number of carbonyl (C=O) groups is 1. The Kier molecular flexibility index (Phi) is 18.7. The summed E-state index contributed by atoms with van der Waals surface area (Å²) in [6.45, 7) is 11.2. The normalized spacial score (nSPS) is 24.3. The zero-order valence-corrected chi connectivity index (χ0v) is 24.6. The van der Waals surface area contributed by atoms with Crippen LogP contribution in [0.4, 0.5) is 8.78 Å². The van der Waals surface area contributed by atoms with Gasteiger partial charge in [0.05, 0.1) is 19.3 Å². The molecule has 0 aromatic heterocycles. The first kappa shape index (κ1) is 35.6. The molecule has 1 aliphatic rings. The van der Waals surface area contributed by atoms with E-state index in [4.69, 9.17) is 28.4 Å². The monoisotopic (exact) mass is 563 g/mol. The summed E-state index contributed by atoms with van der Waals surface area (Å²) in [5.74, 6) is -6.21. The van der Waals surface area contributed by atoms with Gasteiger partial charge in [-0.1, -0.05) is 53.4 Å². The van der Waals surface area contributed by atoms with Crippen LogP contribution in [0.3, 0.4) is 0 Å². The molecule has 0 amide bonds. The van der Waals surface area contributed by atoms with Crippen molar-refractivity contribution >= 4 is 5.97 Å². The lowest BCUT2D eigenvalue weighted by Crippen LogP contribution is -2.65. The highest BCUT2D eigenvalue weighted by atomic mass is 19.3. The van der Waals surface area contributed by atoms with Gasteiger partial charge in [0.2, 0.25) is 0 Å². The highest BCUT2D eigenvalue weighted by molar-refractivity contribution is 5.75. The predicted octanol–water partition coefficient (Wildman–Crippen LogP) is 5.85. The van der Waals surface area contributed by atoms with Crippen molar-refractivity contribution in [1.82, 2.24) is 0 Å². The van der Waals surface area contributed by atoms with Crippen molar-refractivity contribution in [3.8, 4) is 6.07 Å². The van der Waals surface area contributed by atoms with Crippen LogP contribution in [-0.4, -0.2) is 82.1 Å². The Morgan fingerprint density at radius 3 is 1.87 bits per heavy atom. The van der Waals surface area contributed by atoms with Crippen LogP contribution in [0.5, 0.6) is 0 Å². The molecule has 0 N–H and O–H groups in total. The molecule has 6 atom stereocenters. The maximum absolute atomic E-state index is 16.0. The van der Waals surface area contributed by atoms with Gasteiger partial charge in [0.25, 0.3) is 5.92 Å². The Morgan fingerprint density at radius 1 is 0.846 bits per heavy atom. The smallest absolute Gasteiger partial charge is 0.323 e. The lowest BCUT2D eigenvalue weighted by Gasteiger charge is -2.48. The molecule has 8 nitrogen and oxygen atoms in total. The number of hydrogen-bond acceptors (Lipinski definition) is 8. The molecule has 0 aliphatic carbocycles. The third kappa shape index (κ3) is 12.3. The van der Waals surface area contributed by atoms with Crippen molar-refractivity contribution < 1.29 is 42.0 Å². The maximum atomic E-state index is 16.0. The second-order valence-corrected chi connectivity index (χ2v) is 9.99. The lowest BCUT2D eigenvalue weighted by molar-refractivity contribution is -0.306. The van der Waals surface area contributed by atoms with Gasteiger partial charge in [-0.3, -0.25) is 4.79 Å². The summed E-state index contributed by atoms with van der Waals surface area (Å²) in [6, 6.07) is 1.67. The van der Waals surface area contributed by atoms with Crippen LogP contribution in [-0.2, 0) is 33.2 Å². The van der Waals surface area contributed by atoms with E-state index in [1.54, 1.807) is 13.0 Å². The molecule has 1 heterocycles. The topological polar surface area (TPSA) is 96.2 Å².